The molecular weight excluding hydrogens is 332 g/mol. The van der Waals surface area contributed by atoms with E-state index >= 15 is 0 Å². The molecule has 0 spiro atoms. The molecule has 0 bridgehead atoms. The van der Waals surface area contributed by atoms with Crippen LogP contribution in [-0.2, 0) is 27.3 Å². The Balaban J connectivity index is 2.24. The van der Waals surface area contributed by atoms with Crippen molar-refractivity contribution in [1.82, 2.24) is 9.80 Å². The molecule has 2 atom stereocenters. The molecule has 1 aliphatic heterocycles. The smallest absolute Gasteiger partial charge is 0.308 e. The molecule has 0 saturated carbocycles. The molecule has 2 amide bonds. The maximum Gasteiger partial charge on any atom is 0.308 e. The fraction of sp³-hybridized carbons (Fsp3) is 0.550. The van der Waals surface area contributed by atoms with Crippen LogP contribution in [0, 0.1) is 11.8 Å². The summed E-state index contributed by atoms with van der Waals surface area (Å²) < 4.78 is 0. The van der Waals surface area contributed by atoms with Gasteiger partial charge in [-0.25, -0.2) is 0 Å². The van der Waals surface area contributed by atoms with Gasteiger partial charge < -0.3 is 14.9 Å². The van der Waals surface area contributed by atoms with Crippen LogP contribution in [0.15, 0.2) is 24.3 Å². The van der Waals surface area contributed by atoms with E-state index in [-0.39, 0.29) is 24.3 Å². The Morgan fingerprint density at radius 2 is 1.81 bits per heavy atom. The van der Waals surface area contributed by atoms with Crippen LogP contribution in [0.2, 0.25) is 0 Å². The zero-order chi connectivity index (χ0) is 19.4. The molecule has 1 N–H and O–H groups in total. The van der Waals surface area contributed by atoms with Crippen LogP contribution in [0.1, 0.15) is 38.3 Å². The van der Waals surface area contributed by atoms with Crippen molar-refractivity contribution < 1.29 is 19.5 Å². The third-order valence-electron chi connectivity index (χ3n) is 4.78. The summed E-state index contributed by atoms with van der Waals surface area (Å²) in [5, 5.41) is 9.09. The second kappa shape index (κ2) is 8.34. The number of likely N-dealkylation sites (N-methyl/N-ethyl adjacent to an activating group) is 1. The van der Waals surface area contributed by atoms with Crippen LogP contribution in [0.4, 0.5) is 0 Å². The Labute approximate surface area is 154 Å². The first-order valence-corrected chi connectivity index (χ1v) is 9.04. The predicted octanol–water partition coefficient (Wildman–Crippen LogP) is 2.17. The topological polar surface area (TPSA) is 77.9 Å². The van der Waals surface area contributed by atoms with Crippen molar-refractivity contribution in [1.29, 1.82) is 0 Å². The van der Waals surface area contributed by atoms with Gasteiger partial charge in [-0.05, 0) is 17.0 Å². The van der Waals surface area contributed by atoms with Crippen LogP contribution < -0.4 is 0 Å². The quantitative estimate of drug-likeness (QED) is 0.843. The van der Waals surface area contributed by atoms with Crippen molar-refractivity contribution in [2.24, 2.45) is 11.8 Å². The Kier molecular flexibility index (Phi) is 6.40. The minimum absolute atomic E-state index is 0.0347. The molecule has 1 heterocycles. The molecule has 0 radical (unpaired) electrons. The van der Waals surface area contributed by atoms with Gasteiger partial charge in [-0.15, -0.1) is 0 Å². The molecule has 6 heteroatoms. The number of benzene rings is 1. The number of hydrogen-bond acceptors (Lipinski definition) is 3. The normalized spacial score (nSPS) is 17.6. The van der Waals surface area contributed by atoms with Crippen LogP contribution in [0.5, 0.6) is 0 Å². The van der Waals surface area contributed by atoms with Gasteiger partial charge in [-0.2, -0.15) is 0 Å². The van der Waals surface area contributed by atoms with Crippen LogP contribution >= 0.6 is 0 Å². The molecule has 1 aliphatic rings. The van der Waals surface area contributed by atoms with E-state index in [2.05, 4.69) is 0 Å². The van der Waals surface area contributed by atoms with E-state index in [1.165, 1.54) is 4.90 Å². The number of aliphatic carboxylic acids is 1. The number of hydrogen-bond donors (Lipinski definition) is 1. The summed E-state index contributed by atoms with van der Waals surface area (Å²) in [5.41, 5.74) is 2.13. The molecule has 0 aliphatic carbocycles. The second-order valence-corrected chi connectivity index (χ2v) is 7.57. The van der Waals surface area contributed by atoms with Gasteiger partial charge in [-0.1, -0.05) is 45.0 Å². The van der Waals surface area contributed by atoms with E-state index in [0.717, 1.165) is 11.1 Å². The van der Waals surface area contributed by atoms with Gasteiger partial charge in [0.1, 0.15) is 6.04 Å². The minimum atomic E-state index is -0.939. The first-order valence-electron chi connectivity index (χ1n) is 9.04. The van der Waals surface area contributed by atoms with Crippen molar-refractivity contribution in [3.8, 4) is 0 Å². The number of nitrogens with zero attached hydrogens (tertiary/aromatic N) is 2. The second-order valence-electron chi connectivity index (χ2n) is 7.57. The zero-order valence-electron chi connectivity index (χ0n) is 15.9. The van der Waals surface area contributed by atoms with Gasteiger partial charge in [0.05, 0.1) is 5.92 Å². The van der Waals surface area contributed by atoms with Crippen molar-refractivity contribution in [3.05, 3.63) is 35.4 Å². The fourth-order valence-electron chi connectivity index (χ4n) is 3.31. The highest BCUT2D eigenvalue weighted by molar-refractivity contribution is 5.88. The number of carboxylic acids is 1. The molecule has 0 saturated heterocycles. The SMILES string of the molecule is CC(C)CC(=O)N1Cc2ccccc2CC1C(=O)N(C)CC(C)C(=O)O. The van der Waals surface area contributed by atoms with E-state index in [0.29, 0.717) is 19.4 Å². The lowest BCUT2D eigenvalue weighted by Crippen LogP contribution is -2.53. The summed E-state index contributed by atoms with van der Waals surface area (Å²) in [6, 6.07) is 7.26. The third-order valence-corrected chi connectivity index (χ3v) is 4.78. The Morgan fingerprint density at radius 1 is 1.19 bits per heavy atom. The van der Waals surface area contributed by atoms with E-state index in [1.807, 2.05) is 38.1 Å². The number of carbonyl (C=O) groups excluding carboxylic acids is 2. The molecule has 1 aromatic rings. The van der Waals surface area contributed by atoms with Gasteiger partial charge in [0.25, 0.3) is 0 Å². The standard InChI is InChI=1S/C20H28N2O4/c1-13(2)9-18(23)22-12-16-8-6-5-7-15(16)10-17(22)19(24)21(4)11-14(3)20(25)26/h5-8,13-14,17H,9-12H2,1-4H3,(H,25,26). The van der Waals surface area contributed by atoms with E-state index in [4.69, 9.17) is 5.11 Å². The lowest BCUT2D eigenvalue weighted by atomic mass is 9.92. The molecule has 0 aromatic heterocycles. The average Bonchev–Trinajstić information content (AvgIpc) is 2.59. The van der Waals surface area contributed by atoms with Crippen molar-refractivity contribution in [2.75, 3.05) is 13.6 Å². The maximum absolute atomic E-state index is 13.0. The molecule has 142 valence electrons. The molecule has 1 aromatic carbocycles. The fourth-order valence-corrected chi connectivity index (χ4v) is 3.31. The van der Waals surface area contributed by atoms with E-state index in [1.54, 1.807) is 18.9 Å². The van der Waals surface area contributed by atoms with Gasteiger partial charge >= 0.3 is 5.97 Å². The van der Waals surface area contributed by atoms with Gasteiger partial charge in [0.2, 0.25) is 11.8 Å². The average molecular weight is 360 g/mol. The largest absolute Gasteiger partial charge is 0.481 e. The highest BCUT2D eigenvalue weighted by atomic mass is 16.4. The third kappa shape index (κ3) is 4.62. The minimum Gasteiger partial charge on any atom is -0.481 e. The number of amides is 2. The van der Waals surface area contributed by atoms with Crippen LogP contribution in [0.3, 0.4) is 0 Å². The number of fused-ring (bicyclic) bond motifs is 1. The van der Waals surface area contributed by atoms with Crippen molar-refractivity contribution in [3.63, 3.8) is 0 Å². The Hall–Kier alpha value is -2.37. The van der Waals surface area contributed by atoms with Gasteiger partial charge in [0, 0.05) is 33.0 Å². The van der Waals surface area contributed by atoms with E-state index in [9.17, 15) is 14.4 Å². The molecule has 6 nitrogen and oxygen atoms in total. The first kappa shape index (κ1) is 19.9. The van der Waals surface area contributed by atoms with Crippen molar-refractivity contribution in [2.45, 2.75) is 46.2 Å². The zero-order valence-corrected chi connectivity index (χ0v) is 15.9. The maximum atomic E-state index is 13.0. The first-order chi connectivity index (χ1) is 12.2. The van der Waals surface area contributed by atoms with Gasteiger partial charge in [-0.3, -0.25) is 14.4 Å². The van der Waals surface area contributed by atoms with Gasteiger partial charge in [0.15, 0.2) is 0 Å². The molecular formula is C20H28N2O4. The number of carboxylic acid groups (broad SMARTS) is 1. The lowest BCUT2D eigenvalue weighted by Gasteiger charge is -2.38. The molecule has 2 rings (SSSR count). The predicted molar refractivity (Wildman–Crippen MR) is 98.4 cm³/mol. The summed E-state index contributed by atoms with van der Waals surface area (Å²) in [7, 11) is 1.60. The van der Waals surface area contributed by atoms with Crippen LogP contribution in [-0.4, -0.2) is 52.3 Å². The van der Waals surface area contributed by atoms with Crippen LogP contribution in [0.25, 0.3) is 0 Å². The molecule has 0 fully saturated rings. The Bertz CT molecular complexity index is 686. The summed E-state index contributed by atoms with van der Waals surface area (Å²) >= 11 is 0. The summed E-state index contributed by atoms with van der Waals surface area (Å²) in [4.78, 5) is 39.9. The highest BCUT2D eigenvalue weighted by Crippen LogP contribution is 2.26. The summed E-state index contributed by atoms with van der Waals surface area (Å²) in [6.07, 6.45) is 0.853. The number of carbonyl (C=O) groups is 3. The van der Waals surface area contributed by atoms with E-state index < -0.39 is 17.9 Å². The number of rotatable bonds is 6. The summed E-state index contributed by atoms with van der Waals surface area (Å²) in [5.74, 6) is -1.62. The molecule has 2 unspecified atom stereocenters. The van der Waals surface area contributed by atoms with Crippen molar-refractivity contribution >= 4 is 17.8 Å². The Morgan fingerprint density at radius 3 is 2.38 bits per heavy atom. The lowest BCUT2D eigenvalue weighted by molar-refractivity contribution is -0.149. The summed E-state index contributed by atoms with van der Waals surface area (Å²) in [6.45, 7) is 6.07. The molecule has 26 heavy (non-hydrogen) atoms. The monoisotopic (exact) mass is 360 g/mol. The highest BCUT2D eigenvalue weighted by Gasteiger charge is 2.36.